The van der Waals surface area contributed by atoms with E-state index in [1.165, 1.54) is 4.31 Å². The van der Waals surface area contributed by atoms with Crippen molar-refractivity contribution in [2.45, 2.75) is 41.0 Å². The van der Waals surface area contributed by atoms with Gasteiger partial charge in [-0.2, -0.15) is 4.31 Å². The summed E-state index contributed by atoms with van der Waals surface area (Å²) >= 11 is 2.06. The molecule has 0 bridgehead atoms. The minimum Gasteiger partial charge on any atom is -0.444 e. The zero-order chi connectivity index (χ0) is 26.1. The first-order valence-electron chi connectivity index (χ1n) is 11.1. The van der Waals surface area contributed by atoms with Gasteiger partial charge < -0.3 is 19.6 Å². The third-order valence-electron chi connectivity index (χ3n) is 5.28. The third-order valence-corrected chi connectivity index (χ3v) is 9.71. The lowest BCUT2D eigenvalue weighted by Gasteiger charge is -2.32. The molecular weight excluding hydrogens is 532 g/mol. The van der Waals surface area contributed by atoms with Crippen molar-refractivity contribution in [3.63, 3.8) is 0 Å². The first-order valence-corrected chi connectivity index (χ1v) is 14.1. The van der Waals surface area contributed by atoms with E-state index in [-0.39, 0.29) is 23.5 Å². The first-order chi connectivity index (χ1) is 17.3. The van der Waals surface area contributed by atoms with Crippen molar-refractivity contribution >= 4 is 39.4 Å². The Balaban J connectivity index is 1.63. The predicted molar refractivity (Wildman–Crippen MR) is 133 cm³/mol. The standard InChI is InChI=1S/C21H28N4O8S3/c1-3-22-18-12-24(9-6-10-31-2)36(29,30)20-17(18)11-19(34-20)35-23-21(26)32-13-15-7-4-5-8-16(15)14-33-25(27)28/h4-5,7-8,11,18,22H,3,6,9-10,12-14H2,1-2H3,(H,23,26). The highest BCUT2D eigenvalue weighted by molar-refractivity contribution is 8.00. The van der Waals surface area contributed by atoms with E-state index in [0.29, 0.717) is 53.6 Å². The van der Waals surface area contributed by atoms with Crippen LogP contribution in [-0.4, -0.2) is 57.3 Å². The van der Waals surface area contributed by atoms with Crippen LogP contribution >= 0.6 is 23.3 Å². The summed E-state index contributed by atoms with van der Waals surface area (Å²) in [5, 5.41) is 12.9. The molecule has 198 valence electrons. The van der Waals surface area contributed by atoms with E-state index in [1.54, 1.807) is 37.4 Å². The molecule has 3 rings (SSSR count). The number of nitrogens with zero attached hydrogens (tertiary/aromatic N) is 2. The topological polar surface area (TPSA) is 149 Å². The van der Waals surface area contributed by atoms with E-state index in [1.807, 2.05) is 6.92 Å². The van der Waals surface area contributed by atoms with Gasteiger partial charge in [0.25, 0.3) is 15.1 Å². The van der Waals surface area contributed by atoms with Crippen molar-refractivity contribution < 1.29 is 32.6 Å². The number of carbonyl (C=O) groups excluding carboxylic acids is 1. The molecule has 1 unspecified atom stereocenters. The van der Waals surface area contributed by atoms with Crippen molar-refractivity contribution in [2.24, 2.45) is 0 Å². The normalized spacial score (nSPS) is 16.8. The Morgan fingerprint density at radius 1 is 1.31 bits per heavy atom. The van der Waals surface area contributed by atoms with Crippen LogP contribution < -0.4 is 10.0 Å². The molecule has 12 nitrogen and oxygen atoms in total. The Hall–Kier alpha value is -2.43. The lowest BCUT2D eigenvalue weighted by atomic mass is 10.1. The summed E-state index contributed by atoms with van der Waals surface area (Å²) in [5.74, 6) is 0. The lowest BCUT2D eigenvalue weighted by Crippen LogP contribution is -2.43. The highest BCUT2D eigenvalue weighted by Crippen LogP contribution is 2.41. The van der Waals surface area contributed by atoms with Gasteiger partial charge in [0.15, 0.2) is 0 Å². The average Bonchev–Trinajstić information content (AvgIpc) is 3.29. The smallest absolute Gasteiger partial charge is 0.417 e. The van der Waals surface area contributed by atoms with Gasteiger partial charge in [0.05, 0.1) is 4.21 Å². The number of hydrogen-bond donors (Lipinski definition) is 2. The van der Waals surface area contributed by atoms with E-state index < -0.39 is 21.2 Å². The van der Waals surface area contributed by atoms with Crippen LogP contribution in [0.15, 0.2) is 38.8 Å². The summed E-state index contributed by atoms with van der Waals surface area (Å²) in [6.07, 6.45) is -0.144. The highest BCUT2D eigenvalue weighted by Gasteiger charge is 2.38. The number of ether oxygens (including phenoxy) is 2. The quantitative estimate of drug-likeness (QED) is 0.162. The maximum Gasteiger partial charge on any atom is 0.417 e. The van der Waals surface area contributed by atoms with E-state index in [9.17, 15) is 23.3 Å². The van der Waals surface area contributed by atoms with Crippen LogP contribution in [0.25, 0.3) is 0 Å². The lowest BCUT2D eigenvalue weighted by molar-refractivity contribution is -0.763. The number of thiophene rings is 1. The van der Waals surface area contributed by atoms with E-state index in [4.69, 9.17) is 9.47 Å². The Kier molecular flexibility index (Phi) is 10.3. The van der Waals surface area contributed by atoms with Crippen molar-refractivity contribution in [2.75, 3.05) is 33.4 Å². The van der Waals surface area contributed by atoms with Gasteiger partial charge in [-0.15, -0.1) is 21.5 Å². The monoisotopic (exact) mass is 560 g/mol. The number of amides is 1. The van der Waals surface area contributed by atoms with Crippen molar-refractivity contribution in [1.82, 2.24) is 14.3 Å². The largest absolute Gasteiger partial charge is 0.444 e. The van der Waals surface area contributed by atoms with E-state index in [2.05, 4.69) is 14.9 Å². The van der Waals surface area contributed by atoms with Crippen LogP contribution in [-0.2, 0) is 37.5 Å². The molecule has 1 aliphatic rings. The van der Waals surface area contributed by atoms with Crippen molar-refractivity contribution in [3.05, 3.63) is 57.1 Å². The second-order valence-electron chi connectivity index (χ2n) is 7.67. The molecule has 2 N–H and O–H groups in total. The molecule has 0 spiro atoms. The zero-order valence-electron chi connectivity index (χ0n) is 19.8. The third kappa shape index (κ3) is 7.30. The second kappa shape index (κ2) is 13.2. The molecule has 2 heterocycles. The number of nitrogens with one attached hydrogen (secondary N) is 2. The highest BCUT2D eigenvalue weighted by atomic mass is 32.3. The van der Waals surface area contributed by atoms with Crippen molar-refractivity contribution in [3.8, 4) is 0 Å². The number of benzene rings is 1. The summed E-state index contributed by atoms with van der Waals surface area (Å²) in [4.78, 5) is 27.1. The summed E-state index contributed by atoms with van der Waals surface area (Å²) < 4.78 is 41.5. The van der Waals surface area contributed by atoms with Gasteiger partial charge in [-0.25, -0.2) is 13.2 Å². The average molecular weight is 561 g/mol. The number of likely N-dealkylation sites (N-methyl/N-ethyl adjacent to an activating group) is 1. The van der Waals surface area contributed by atoms with Crippen LogP contribution in [0.1, 0.15) is 36.1 Å². The molecule has 0 saturated carbocycles. The fourth-order valence-electron chi connectivity index (χ4n) is 3.62. The Labute approximate surface area is 217 Å². The summed E-state index contributed by atoms with van der Waals surface area (Å²) in [6, 6.07) is 8.35. The Morgan fingerprint density at radius 2 is 2.03 bits per heavy atom. The number of sulfonamides is 1. The number of carbonyl (C=O) groups is 1. The zero-order valence-corrected chi connectivity index (χ0v) is 22.2. The molecule has 1 aromatic heterocycles. The molecule has 1 aromatic carbocycles. The molecule has 0 fully saturated rings. The van der Waals surface area contributed by atoms with E-state index >= 15 is 0 Å². The van der Waals surface area contributed by atoms with Gasteiger partial charge in [-0.05, 0) is 30.2 Å². The van der Waals surface area contributed by atoms with Gasteiger partial charge in [0.1, 0.15) is 17.4 Å². The second-order valence-corrected chi connectivity index (χ2v) is 12.0. The van der Waals surface area contributed by atoms with Gasteiger partial charge >= 0.3 is 6.09 Å². The van der Waals surface area contributed by atoms with Crippen LogP contribution in [0.5, 0.6) is 0 Å². The Morgan fingerprint density at radius 3 is 2.69 bits per heavy atom. The molecule has 1 atom stereocenters. The summed E-state index contributed by atoms with van der Waals surface area (Å²) in [6.45, 7) is 3.41. The van der Waals surface area contributed by atoms with Gasteiger partial charge in [-0.1, -0.05) is 31.2 Å². The maximum absolute atomic E-state index is 13.2. The van der Waals surface area contributed by atoms with Crippen LogP contribution in [0.4, 0.5) is 4.79 Å². The molecule has 0 saturated heterocycles. The van der Waals surface area contributed by atoms with Crippen LogP contribution in [0.3, 0.4) is 0 Å². The molecule has 36 heavy (non-hydrogen) atoms. The number of rotatable bonds is 13. The SMILES string of the molecule is CCNC1CN(CCCOC)S(=O)(=O)c2sc(SNC(=O)OCc3ccccc3CO[N+](=O)[O-])cc21. The molecular formula is C21H28N4O8S3. The minimum atomic E-state index is -3.66. The molecule has 1 aliphatic heterocycles. The van der Waals surface area contributed by atoms with Gasteiger partial charge in [0.2, 0.25) is 0 Å². The number of hydrogen-bond acceptors (Lipinski definition) is 11. The number of fused-ring (bicyclic) bond motifs is 1. The molecule has 1 amide bonds. The summed E-state index contributed by atoms with van der Waals surface area (Å²) in [7, 11) is -2.08. The minimum absolute atomic E-state index is 0.113. The van der Waals surface area contributed by atoms with Crippen molar-refractivity contribution in [1.29, 1.82) is 0 Å². The molecule has 2 aromatic rings. The molecule has 0 radical (unpaired) electrons. The Bertz CT molecular complexity index is 1160. The van der Waals surface area contributed by atoms with Crippen LogP contribution in [0.2, 0.25) is 0 Å². The molecule has 0 aliphatic carbocycles. The number of methoxy groups -OCH3 is 1. The van der Waals surface area contributed by atoms with Gasteiger partial charge in [-0.3, -0.25) is 4.72 Å². The summed E-state index contributed by atoms with van der Waals surface area (Å²) in [5.41, 5.74) is 1.77. The fourth-order valence-corrected chi connectivity index (χ4v) is 7.89. The molecule has 15 heteroatoms. The first kappa shape index (κ1) is 28.1. The van der Waals surface area contributed by atoms with E-state index in [0.717, 1.165) is 23.3 Å². The fraction of sp³-hybridized carbons (Fsp3) is 0.476. The van der Waals surface area contributed by atoms with Crippen LogP contribution in [0, 0.1) is 10.1 Å². The maximum atomic E-state index is 13.2. The predicted octanol–water partition coefficient (Wildman–Crippen LogP) is 3.08. The van der Waals surface area contributed by atoms with Gasteiger partial charge in [0, 0.05) is 50.4 Å².